The molecule has 0 aromatic heterocycles. The van der Waals surface area contributed by atoms with Crippen molar-refractivity contribution in [3.8, 4) is 0 Å². The molecule has 0 aromatic carbocycles. The molecular formula is C12H20N2O. The number of carbonyl (C=O) groups is 1. The minimum Gasteiger partial charge on any atom is -0.375 e. The first-order valence-electron chi connectivity index (χ1n) is 5.81. The molecule has 84 valence electrons. The standard InChI is InChI=1S/C12H20N2O/c1-13(2)10-5-7-14(8-6-10)11-3-4-12(15)9-11/h9-10H,3-8H2,1-2H3. The molecule has 1 heterocycles. The molecule has 2 aliphatic rings. The Kier molecular flexibility index (Phi) is 3.10. The Bertz CT molecular complexity index is 275. The Morgan fingerprint density at radius 3 is 2.40 bits per heavy atom. The number of carbonyl (C=O) groups excluding carboxylic acids is 1. The van der Waals surface area contributed by atoms with E-state index in [1.807, 2.05) is 6.08 Å². The van der Waals surface area contributed by atoms with Crippen molar-refractivity contribution < 1.29 is 4.79 Å². The second kappa shape index (κ2) is 4.35. The molecule has 0 atom stereocenters. The zero-order valence-electron chi connectivity index (χ0n) is 9.70. The second-order valence-corrected chi connectivity index (χ2v) is 4.78. The molecule has 2 rings (SSSR count). The van der Waals surface area contributed by atoms with Gasteiger partial charge in [0.1, 0.15) is 0 Å². The molecule has 1 aliphatic heterocycles. The fourth-order valence-corrected chi connectivity index (χ4v) is 2.50. The third-order valence-corrected chi connectivity index (χ3v) is 3.56. The molecule has 0 radical (unpaired) electrons. The van der Waals surface area contributed by atoms with Crippen LogP contribution in [0.3, 0.4) is 0 Å². The number of hydrogen-bond acceptors (Lipinski definition) is 3. The molecule has 0 N–H and O–H groups in total. The van der Waals surface area contributed by atoms with E-state index < -0.39 is 0 Å². The summed E-state index contributed by atoms with van der Waals surface area (Å²) in [4.78, 5) is 15.9. The fraction of sp³-hybridized carbons (Fsp3) is 0.750. The zero-order chi connectivity index (χ0) is 10.8. The van der Waals surface area contributed by atoms with Crippen LogP contribution in [0.4, 0.5) is 0 Å². The number of piperidine rings is 1. The summed E-state index contributed by atoms with van der Waals surface area (Å²) < 4.78 is 0. The number of rotatable bonds is 2. The normalized spacial score (nSPS) is 23.8. The highest BCUT2D eigenvalue weighted by Crippen LogP contribution is 2.24. The second-order valence-electron chi connectivity index (χ2n) is 4.78. The molecule has 0 unspecified atom stereocenters. The van der Waals surface area contributed by atoms with Crippen molar-refractivity contribution in [2.75, 3.05) is 27.2 Å². The number of nitrogens with zero attached hydrogens (tertiary/aromatic N) is 2. The van der Waals surface area contributed by atoms with Gasteiger partial charge in [-0.15, -0.1) is 0 Å². The summed E-state index contributed by atoms with van der Waals surface area (Å²) in [6.45, 7) is 2.23. The minimum absolute atomic E-state index is 0.305. The van der Waals surface area contributed by atoms with Crippen LogP contribution in [0.5, 0.6) is 0 Å². The molecule has 0 spiro atoms. The number of hydrogen-bond donors (Lipinski definition) is 0. The van der Waals surface area contributed by atoms with E-state index in [9.17, 15) is 4.79 Å². The van der Waals surface area contributed by atoms with Crippen LogP contribution in [0.2, 0.25) is 0 Å². The van der Waals surface area contributed by atoms with E-state index in [-0.39, 0.29) is 0 Å². The Morgan fingerprint density at radius 1 is 1.27 bits per heavy atom. The Hall–Kier alpha value is -0.830. The summed E-state index contributed by atoms with van der Waals surface area (Å²) in [5.41, 5.74) is 1.28. The van der Waals surface area contributed by atoms with E-state index in [1.54, 1.807) is 0 Å². The van der Waals surface area contributed by atoms with E-state index in [0.717, 1.165) is 32.0 Å². The van der Waals surface area contributed by atoms with Gasteiger partial charge >= 0.3 is 0 Å². The highest BCUT2D eigenvalue weighted by Gasteiger charge is 2.24. The van der Waals surface area contributed by atoms with Crippen molar-refractivity contribution in [1.29, 1.82) is 0 Å². The van der Waals surface area contributed by atoms with Gasteiger partial charge in [-0.05, 0) is 33.4 Å². The van der Waals surface area contributed by atoms with Crippen LogP contribution in [0.1, 0.15) is 25.7 Å². The first kappa shape index (κ1) is 10.7. The predicted molar refractivity (Wildman–Crippen MR) is 60.6 cm³/mol. The summed E-state index contributed by atoms with van der Waals surface area (Å²) in [6, 6.07) is 0.721. The van der Waals surface area contributed by atoms with Crippen molar-refractivity contribution in [2.45, 2.75) is 31.7 Å². The van der Waals surface area contributed by atoms with Crippen LogP contribution in [-0.2, 0) is 4.79 Å². The molecule has 0 bridgehead atoms. The molecule has 3 nitrogen and oxygen atoms in total. The van der Waals surface area contributed by atoms with Crippen molar-refractivity contribution >= 4 is 5.78 Å². The van der Waals surface area contributed by atoms with Crippen LogP contribution in [0, 0.1) is 0 Å². The maximum atomic E-state index is 11.2. The lowest BCUT2D eigenvalue weighted by atomic mass is 10.0. The molecule has 0 amide bonds. The molecule has 0 saturated carbocycles. The van der Waals surface area contributed by atoms with Crippen LogP contribution in [0.15, 0.2) is 11.8 Å². The quantitative estimate of drug-likeness (QED) is 0.682. The summed E-state index contributed by atoms with van der Waals surface area (Å²) in [5.74, 6) is 0.305. The van der Waals surface area contributed by atoms with Crippen molar-refractivity contribution in [1.82, 2.24) is 9.80 Å². The maximum absolute atomic E-state index is 11.2. The predicted octanol–water partition coefficient (Wildman–Crippen LogP) is 1.26. The van der Waals surface area contributed by atoms with E-state index >= 15 is 0 Å². The molecular weight excluding hydrogens is 188 g/mol. The van der Waals surface area contributed by atoms with Gasteiger partial charge in [0.15, 0.2) is 5.78 Å². The zero-order valence-corrected chi connectivity index (χ0v) is 9.70. The van der Waals surface area contributed by atoms with Gasteiger partial charge in [0, 0.05) is 37.3 Å². The first-order valence-corrected chi connectivity index (χ1v) is 5.81. The van der Waals surface area contributed by atoms with Gasteiger partial charge in [-0.2, -0.15) is 0 Å². The third kappa shape index (κ3) is 2.40. The molecule has 15 heavy (non-hydrogen) atoms. The Balaban J connectivity index is 1.88. The van der Waals surface area contributed by atoms with Crippen LogP contribution in [0.25, 0.3) is 0 Å². The Morgan fingerprint density at radius 2 is 1.93 bits per heavy atom. The van der Waals surface area contributed by atoms with Gasteiger partial charge in [-0.3, -0.25) is 4.79 Å². The monoisotopic (exact) mass is 208 g/mol. The highest BCUT2D eigenvalue weighted by atomic mass is 16.1. The smallest absolute Gasteiger partial charge is 0.157 e. The largest absolute Gasteiger partial charge is 0.375 e. The van der Waals surface area contributed by atoms with E-state index in [1.165, 1.54) is 18.5 Å². The lowest BCUT2D eigenvalue weighted by Crippen LogP contribution is -2.41. The van der Waals surface area contributed by atoms with Gasteiger partial charge in [0.2, 0.25) is 0 Å². The molecule has 1 saturated heterocycles. The van der Waals surface area contributed by atoms with E-state index in [4.69, 9.17) is 0 Å². The van der Waals surface area contributed by atoms with Crippen LogP contribution in [-0.4, -0.2) is 48.8 Å². The molecule has 1 aliphatic carbocycles. The molecule has 1 fully saturated rings. The average molecular weight is 208 g/mol. The van der Waals surface area contributed by atoms with Crippen LogP contribution >= 0.6 is 0 Å². The van der Waals surface area contributed by atoms with Gasteiger partial charge in [0.05, 0.1) is 0 Å². The summed E-state index contributed by atoms with van der Waals surface area (Å²) >= 11 is 0. The lowest BCUT2D eigenvalue weighted by Gasteiger charge is -2.37. The van der Waals surface area contributed by atoms with Crippen LogP contribution < -0.4 is 0 Å². The van der Waals surface area contributed by atoms with Gasteiger partial charge in [0.25, 0.3) is 0 Å². The summed E-state index contributed by atoms with van der Waals surface area (Å²) in [6.07, 6.45) is 5.97. The van der Waals surface area contributed by atoms with Gasteiger partial charge < -0.3 is 9.80 Å². The minimum atomic E-state index is 0.305. The highest BCUT2D eigenvalue weighted by molar-refractivity contribution is 5.92. The maximum Gasteiger partial charge on any atom is 0.157 e. The Labute approximate surface area is 91.7 Å². The number of likely N-dealkylation sites (tertiary alicyclic amines) is 1. The average Bonchev–Trinajstić information content (AvgIpc) is 2.65. The number of ketones is 1. The number of allylic oxidation sites excluding steroid dienone is 2. The molecule has 3 heteroatoms. The van der Waals surface area contributed by atoms with Crippen molar-refractivity contribution in [3.05, 3.63) is 11.8 Å². The van der Waals surface area contributed by atoms with E-state index in [2.05, 4.69) is 23.9 Å². The van der Waals surface area contributed by atoms with Crippen molar-refractivity contribution in [2.24, 2.45) is 0 Å². The topological polar surface area (TPSA) is 23.6 Å². The lowest BCUT2D eigenvalue weighted by molar-refractivity contribution is -0.114. The van der Waals surface area contributed by atoms with Gasteiger partial charge in [-0.25, -0.2) is 0 Å². The third-order valence-electron chi connectivity index (χ3n) is 3.56. The summed E-state index contributed by atoms with van der Waals surface area (Å²) in [5, 5.41) is 0. The molecule has 0 aromatic rings. The summed E-state index contributed by atoms with van der Waals surface area (Å²) in [7, 11) is 4.30. The fourth-order valence-electron chi connectivity index (χ4n) is 2.50. The van der Waals surface area contributed by atoms with Gasteiger partial charge in [-0.1, -0.05) is 0 Å². The first-order chi connectivity index (χ1) is 7.16. The van der Waals surface area contributed by atoms with Crippen molar-refractivity contribution in [3.63, 3.8) is 0 Å². The SMILES string of the molecule is CN(C)C1CCN(C2=CC(=O)CC2)CC1. The van der Waals surface area contributed by atoms with E-state index in [0.29, 0.717) is 5.78 Å².